The highest BCUT2D eigenvalue weighted by Crippen LogP contribution is 2.45. The number of fused-ring (bicyclic) bond motifs is 2. The highest BCUT2D eigenvalue weighted by atomic mass is 79.9. The van der Waals surface area contributed by atoms with E-state index in [2.05, 4.69) is 15.9 Å². The van der Waals surface area contributed by atoms with Crippen molar-refractivity contribution in [1.82, 2.24) is 0 Å². The van der Waals surface area contributed by atoms with Crippen molar-refractivity contribution in [2.45, 2.75) is 19.9 Å². The predicted molar refractivity (Wildman–Crippen MR) is 129 cm³/mol. The van der Waals surface area contributed by atoms with Crippen LogP contribution >= 0.6 is 15.9 Å². The van der Waals surface area contributed by atoms with Crippen molar-refractivity contribution in [2.24, 2.45) is 0 Å². The van der Waals surface area contributed by atoms with Crippen LogP contribution < -0.4 is 15.1 Å². The largest absolute Gasteiger partial charge is 0.503 e. The van der Waals surface area contributed by atoms with Gasteiger partial charge in [-0.2, -0.15) is 0 Å². The molecule has 1 aliphatic heterocycles. The third kappa shape index (κ3) is 3.31. The predicted octanol–water partition coefficient (Wildman–Crippen LogP) is 5.64. The standard InChI is InChI=1S/C26H20BrNO5/c1-13-5-4-6-16(9-13)28-22(15-11-18(27)24(30)20(12-15)32-3)21-23(29)17-10-14(2)7-8-19(17)33-25(21)26(28)31/h4-12,22,30H,1-3H3. The van der Waals surface area contributed by atoms with Crippen LogP contribution in [0.3, 0.4) is 0 Å². The first kappa shape index (κ1) is 21.3. The van der Waals surface area contributed by atoms with Crippen molar-refractivity contribution in [2.75, 3.05) is 12.0 Å². The Morgan fingerprint density at radius 1 is 1.03 bits per heavy atom. The van der Waals surface area contributed by atoms with Crippen LogP contribution in [-0.4, -0.2) is 18.1 Å². The Hall–Kier alpha value is -3.58. The second kappa shape index (κ2) is 7.78. The first-order valence-electron chi connectivity index (χ1n) is 10.3. The quantitative estimate of drug-likeness (QED) is 0.389. The van der Waals surface area contributed by atoms with E-state index < -0.39 is 11.9 Å². The number of amides is 1. The van der Waals surface area contributed by atoms with E-state index in [1.165, 1.54) is 7.11 Å². The number of carbonyl (C=O) groups excluding carboxylic acids is 1. The van der Waals surface area contributed by atoms with Crippen LogP contribution in [0, 0.1) is 13.8 Å². The molecule has 4 aromatic rings. The molecule has 6 nitrogen and oxygen atoms in total. The van der Waals surface area contributed by atoms with Crippen LogP contribution in [0.1, 0.15) is 38.9 Å². The molecular weight excluding hydrogens is 486 g/mol. The molecule has 0 radical (unpaired) electrons. The molecule has 1 unspecified atom stereocenters. The van der Waals surface area contributed by atoms with Crippen molar-refractivity contribution >= 4 is 38.5 Å². The number of phenolic OH excluding ortho intramolecular Hbond substituents is 1. The van der Waals surface area contributed by atoms with Gasteiger partial charge in [0.15, 0.2) is 16.9 Å². The molecular formula is C26H20BrNO5. The summed E-state index contributed by atoms with van der Waals surface area (Å²) in [7, 11) is 1.45. The fourth-order valence-electron chi connectivity index (χ4n) is 4.35. The van der Waals surface area contributed by atoms with Gasteiger partial charge in [-0.3, -0.25) is 14.5 Å². The molecule has 2 heterocycles. The summed E-state index contributed by atoms with van der Waals surface area (Å²) in [6.07, 6.45) is 0. The van der Waals surface area contributed by atoms with Gasteiger partial charge in [-0.1, -0.05) is 23.8 Å². The van der Waals surface area contributed by atoms with Crippen molar-refractivity contribution < 1.29 is 19.1 Å². The van der Waals surface area contributed by atoms with Gasteiger partial charge in [0, 0.05) is 5.69 Å². The second-order valence-electron chi connectivity index (χ2n) is 8.14. The van der Waals surface area contributed by atoms with E-state index in [-0.39, 0.29) is 28.3 Å². The zero-order chi connectivity index (χ0) is 23.4. The maximum Gasteiger partial charge on any atom is 0.295 e. The maximum atomic E-state index is 13.7. The van der Waals surface area contributed by atoms with E-state index in [1.54, 1.807) is 29.2 Å². The Morgan fingerprint density at radius 3 is 2.52 bits per heavy atom. The molecule has 0 spiro atoms. The van der Waals surface area contributed by atoms with Crippen molar-refractivity contribution in [3.63, 3.8) is 0 Å². The lowest BCUT2D eigenvalue weighted by Crippen LogP contribution is -2.29. The summed E-state index contributed by atoms with van der Waals surface area (Å²) in [4.78, 5) is 28.9. The molecule has 1 amide bonds. The Kier molecular flexibility index (Phi) is 5.01. The van der Waals surface area contributed by atoms with Crippen LogP contribution in [0.15, 0.2) is 68.3 Å². The van der Waals surface area contributed by atoms with E-state index in [0.29, 0.717) is 26.7 Å². The van der Waals surface area contributed by atoms with Crippen LogP contribution in [0.25, 0.3) is 11.0 Å². The number of nitrogens with zero attached hydrogens (tertiary/aromatic N) is 1. The van der Waals surface area contributed by atoms with E-state index in [9.17, 15) is 14.7 Å². The minimum Gasteiger partial charge on any atom is -0.503 e. The number of methoxy groups -OCH3 is 1. The van der Waals surface area contributed by atoms with Crippen molar-refractivity contribution in [1.29, 1.82) is 0 Å². The summed E-state index contributed by atoms with van der Waals surface area (Å²) in [6, 6.07) is 15.4. The number of anilines is 1. The summed E-state index contributed by atoms with van der Waals surface area (Å²) in [5.74, 6) is -0.214. The van der Waals surface area contributed by atoms with E-state index >= 15 is 0 Å². The average molecular weight is 506 g/mol. The monoisotopic (exact) mass is 505 g/mol. The molecule has 0 saturated carbocycles. The zero-order valence-corrected chi connectivity index (χ0v) is 19.8. The minimum absolute atomic E-state index is 0.0195. The third-order valence-corrected chi connectivity index (χ3v) is 6.50. The number of halogens is 1. The van der Waals surface area contributed by atoms with Crippen molar-refractivity contribution in [3.8, 4) is 11.5 Å². The molecule has 33 heavy (non-hydrogen) atoms. The summed E-state index contributed by atoms with van der Waals surface area (Å²) in [6.45, 7) is 3.84. The maximum absolute atomic E-state index is 13.7. The molecule has 0 saturated heterocycles. The van der Waals surface area contributed by atoms with Gasteiger partial charge in [0.1, 0.15) is 5.58 Å². The van der Waals surface area contributed by atoms with Crippen LogP contribution in [0.2, 0.25) is 0 Å². The smallest absolute Gasteiger partial charge is 0.295 e. The van der Waals surface area contributed by atoms with Crippen LogP contribution in [0.5, 0.6) is 11.5 Å². The number of phenols is 1. The van der Waals surface area contributed by atoms with Gasteiger partial charge in [-0.15, -0.1) is 0 Å². The highest BCUT2D eigenvalue weighted by Gasteiger charge is 2.44. The molecule has 0 bridgehead atoms. The van der Waals surface area contributed by atoms with Gasteiger partial charge < -0.3 is 14.3 Å². The molecule has 5 rings (SSSR count). The number of aryl methyl sites for hydroxylation is 2. The fourth-order valence-corrected chi connectivity index (χ4v) is 4.81. The number of carbonyl (C=O) groups is 1. The SMILES string of the molecule is COc1cc(C2c3c(oc4ccc(C)cc4c3=O)C(=O)N2c2cccc(C)c2)cc(Br)c1O. The van der Waals surface area contributed by atoms with Gasteiger partial charge >= 0.3 is 0 Å². The number of benzene rings is 3. The lowest BCUT2D eigenvalue weighted by molar-refractivity contribution is 0.0971. The topological polar surface area (TPSA) is 80.0 Å². The first-order valence-corrected chi connectivity index (χ1v) is 11.1. The number of hydrogen-bond acceptors (Lipinski definition) is 5. The van der Waals surface area contributed by atoms with E-state index in [1.807, 2.05) is 44.2 Å². The molecule has 1 aliphatic rings. The first-order chi connectivity index (χ1) is 15.8. The minimum atomic E-state index is -0.763. The van der Waals surface area contributed by atoms with Gasteiger partial charge in [-0.05, 0) is 77.3 Å². The molecule has 1 atom stereocenters. The normalized spacial score (nSPS) is 15.2. The Morgan fingerprint density at radius 2 is 1.79 bits per heavy atom. The number of ether oxygens (including phenoxy) is 1. The van der Waals surface area contributed by atoms with E-state index in [4.69, 9.17) is 9.15 Å². The molecule has 1 aromatic heterocycles. The zero-order valence-electron chi connectivity index (χ0n) is 18.2. The number of aromatic hydroxyl groups is 1. The molecule has 3 aromatic carbocycles. The lowest BCUT2D eigenvalue weighted by Gasteiger charge is -2.26. The molecule has 1 N–H and O–H groups in total. The van der Waals surface area contributed by atoms with Crippen LogP contribution in [-0.2, 0) is 0 Å². The number of hydrogen-bond donors (Lipinski definition) is 1. The highest BCUT2D eigenvalue weighted by molar-refractivity contribution is 9.10. The Balaban J connectivity index is 1.85. The Labute approximate surface area is 198 Å². The van der Waals surface area contributed by atoms with Gasteiger partial charge in [0.25, 0.3) is 5.91 Å². The second-order valence-corrected chi connectivity index (χ2v) is 9.00. The summed E-state index contributed by atoms with van der Waals surface area (Å²) >= 11 is 3.36. The van der Waals surface area contributed by atoms with Gasteiger partial charge in [-0.25, -0.2) is 0 Å². The molecule has 7 heteroatoms. The van der Waals surface area contributed by atoms with E-state index in [0.717, 1.165) is 11.1 Å². The van der Waals surface area contributed by atoms with Crippen LogP contribution in [0.4, 0.5) is 5.69 Å². The summed E-state index contributed by atoms with van der Waals surface area (Å²) in [5, 5.41) is 10.7. The third-order valence-electron chi connectivity index (χ3n) is 5.89. The van der Waals surface area contributed by atoms with Gasteiger partial charge in [0.05, 0.1) is 28.6 Å². The summed E-state index contributed by atoms with van der Waals surface area (Å²) < 4.78 is 11.7. The Bertz CT molecular complexity index is 1510. The fraction of sp³-hybridized carbons (Fsp3) is 0.154. The average Bonchev–Trinajstić information content (AvgIpc) is 3.08. The molecule has 166 valence electrons. The lowest BCUT2D eigenvalue weighted by atomic mass is 9.97. The van der Waals surface area contributed by atoms with Gasteiger partial charge in [0.2, 0.25) is 5.76 Å². The molecule has 0 aliphatic carbocycles. The van der Waals surface area contributed by atoms with Crippen molar-refractivity contribution in [3.05, 3.63) is 97.3 Å². The summed E-state index contributed by atoms with van der Waals surface area (Å²) in [5.41, 5.74) is 3.50. The number of rotatable bonds is 3. The molecule has 0 fully saturated rings.